The molecule has 0 aliphatic carbocycles. The number of carbonyl (C=O) groups excluding carboxylic acids is 2. The summed E-state index contributed by atoms with van der Waals surface area (Å²) in [6.45, 7) is 7.71. The third-order valence-electron chi connectivity index (χ3n) is 2.85. The molecular formula is C14H19NO3. The van der Waals surface area contributed by atoms with E-state index >= 15 is 0 Å². The Hall–Kier alpha value is -1.71. The summed E-state index contributed by atoms with van der Waals surface area (Å²) in [4.78, 5) is 26.7. The van der Waals surface area contributed by atoms with Gasteiger partial charge >= 0.3 is 5.97 Å². The molecule has 1 atom stereocenters. The number of ether oxygens (including phenoxy) is 1. The van der Waals surface area contributed by atoms with Gasteiger partial charge in [-0.2, -0.15) is 0 Å². The van der Waals surface area contributed by atoms with E-state index in [2.05, 4.69) is 4.98 Å². The van der Waals surface area contributed by atoms with Gasteiger partial charge in [0, 0.05) is 18.0 Å². The predicted molar refractivity (Wildman–Crippen MR) is 68.8 cm³/mol. The molecule has 0 radical (unpaired) electrons. The molecule has 1 rings (SSSR count). The van der Waals surface area contributed by atoms with Crippen LogP contribution in [0.1, 0.15) is 53.5 Å². The van der Waals surface area contributed by atoms with Crippen LogP contribution in [-0.2, 0) is 9.53 Å². The molecule has 0 N–H and O–H groups in total. The molecule has 0 aliphatic heterocycles. The van der Waals surface area contributed by atoms with Crippen LogP contribution in [0.2, 0.25) is 0 Å². The Morgan fingerprint density at radius 2 is 2.17 bits per heavy atom. The number of aromatic nitrogens is 1. The number of aldehydes is 1. The first-order valence-electron chi connectivity index (χ1n) is 6.10. The summed E-state index contributed by atoms with van der Waals surface area (Å²) in [6.07, 6.45) is 1.32. The minimum atomic E-state index is -0.338. The Kier molecular flexibility index (Phi) is 5.01. The Balaban J connectivity index is 3.11. The number of carbonyl (C=O) groups is 2. The van der Waals surface area contributed by atoms with E-state index in [0.29, 0.717) is 24.3 Å². The molecule has 0 aliphatic rings. The maximum atomic E-state index is 11.8. The van der Waals surface area contributed by atoms with Crippen LogP contribution in [0.25, 0.3) is 0 Å². The molecule has 1 aromatic rings. The van der Waals surface area contributed by atoms with E-state index < -0.39 is 0 Å². The number of pyridine rings is 1. The summed E-state index contributed by atoms with van der Waals surface area (Å²) in [5, 5.41) is 0. The normalized spacial score (nSPS) is 12.0. The Morgan fingerprint density at radius 3 is 2.67 bits per heavy atom. The smallest absolute Gasteiger partial charge is 0.340 e. The highest BCUT2D eigenvalue weighted by Gasteiger charge is 2.17. The second kappa shape index (κ2) is 6.28. The highest BCUT2D eigenvalue weighted by Crippen LogP contribution is 2.21. The SMILES string of the molecule is CCOC(=O)c1c(C)cc(C(C)CC=O)nc1C. The van der Waals surface area contributed by atoms with Gasteiger partial charge < -0.3 is 9.53 Å². The van der Waals surface area contributed by atoms with Crippen LogP contribution in [0.3, 0.4) is 0 Å². The van der Waals surface area contributed by atoms with Crippen molar-refractivity contribution in [3.8, 4) is 0 Å². The molecule has 0 amide bonds. The minimum Gasteiger partial charge on any atom is -0.462 e. The molecule has 1 heterocycles. The molecule has 18 heavy (non-hydrogen) atoms. The van der Waals surface area contributed by atoms with Gasteiger partial charge in [-0.05, 0) is 32.4 Å². The maximum absolute atomic E-state index is 11.8. The van der Waals surface area contributed by atoms with Crippen molar-refractivity contribution in [3.63, 3.8) is 0 Å². The summed E-state index contributed by atoms with van der Waals surface area (Å²) in [5.74, 6) is -0.272. The van der Waals surface area contributed by atoms with Crippen LogP contribution in [0.4, 0.5) is 0 Å². The van der Waals surface area contributed by atoms with E-state index in [1.54, 1.807) is 13.8 Å². The van der Waals surface area contributed by atoms with Crippen LogP contribution >= 0.6 is 0 Å². The zero-order valence-electron chi connectivity index (χ0n) is 11.3. The maximum Gasteiger partial charge on any atom is 0.340 e. The van der Waals surface area contributed by atoms with Gasteiger partial charge in [0.15, 0.2) is 0 Å². The Morgan fingerprint density at radius 1 is 1.50 bits per heavy atom. The molecule has 0 spiro atoms. The number of esters is 1. The van der Waals surface area contributed by atoms with E-state index in [9.17, 15) is 9.59 Å². The average Bonchev–Trinajstić information content (AvgIpc) is 2.28. The second-order valence-corrected chi connectivity index (χ2v) is 4.35. The van der Waals surface area contributed by atoms with Crippen molar-refractivity contribution in [3.05, 3.63) is 28.6 Å². The monoisotopic (exact) mass is 249 g/mol. The average molecular weight is 249 g/mol. The molecule has 0 aromatic carbocycles. The molecule has 4 heteroatoms. The lowest BCUT2D eigenvalue weighted by molar-refractivity contribution is -0.108. The molecule has 0 saturated carbocycles. The van der Waals surface area contributed by atoms with Gasteiger partial charge in [-0.3, -0.25) is 4.98 Å². The summed E-state index contributed by atoms with van der Waals surface area (Å²) in [5.41, 5.74) is 2.86. The molecule has 98 valence electrons. The molecule has 0 saturated heterocycles. The second-order valence-electron chi connectivity index (χ2n) is 4.35. The van der Waals surface area contributed by atoms with Gasteiger partial charge in [0.05, 0.1) is 17.9 Å². The van der Waals surface area contributed by atoms with Gasteiger partial charge in [0.2, 0.25) is 0 Å². The van der Waals surface area contributed by atoms with Crippen LogP contribution in [-0.4, -0.2) is 23.8 Å². The first kappa shape index (κ1) is 14.4. The quantitative estimate of drug-likeness (QED) is 0.594. The zero-order chi connectivity index (χ0) is 13.7. The van der Waals surface area contributed by atoms with Crippen molar-refractivity contribution < 1.29 is 14.3 Å². The summed E-state index contributed by atoms with van der Waals surface area (Å²) in [6, 6.07) is 1.85. The highest BCUT2D eigenvalue weighted by molar-refractivity contribution is 5.92. The summed E-state index contributed by atoms with van der Waals surface area (Å²) in [7, 11) is 0. The summed E-state index contributed by atoms with van der Waals surface area (Å²) >= 11 is 0. The molecule has 0 bridgehead atoms. The van der Waals surface area contributed by atoms with Gasteiger partial charge in [0.25, 0.3) is 0 Å². The fraction of sp³-hybridized carbons (Fsp3) is 0.500. The van der Waals surface area contributed by atoms with Crippen molar-refractivity contribution >= 4 is 12.3 Å². The van der Waals surface area contributed by atoms with E-state index in [1.807, 2.05) is 19.9 Å². The number of hydrogen-bond donors (Lipinski definition) is 0. The van der Waals surface area contributed by atoms with Crippen LogP contribution < -0.4 is 0 Å². The molecule has 1 aromatic heterocycles. The lowest BCUT2D eigenvalue weighted by atomic mass is 9.99. The zero-order valence-corrected chi connectivity index (χ0v) is 11.3. The van der Waals surface area contributed by atoms with E-state index in [4.69, 9.17) is 4.74 Å². The molecule has 0 fully saturated rings. The van der Waals surface area contributed by atoms with Crippen LogP contribution in [0, 0.1) is 13.8 Å². The third kappa shape index (κ3) is 3.15. The van der Waals surface area contributed by atoms with E-state index in [0.717, 1.165) is 17.5 Å². The van der Waals surface area contributed by atoms with Crippen molar-refractivity contribution in [2.24, 2.45) is 0 Å². The van der Waals surface area contributed by atoms with E-state index in [1.165, 1.54) is 0 Å². The fourth-order valence-electron chi connectivity index (χ4n) is 1.89. The lowest BCUT2D eigenvalue weighted by Crippen LogP contribution is -2.12. The number of hydrogen-bond acceptors (Lipinski definition) is 4. The lowest BCUT2D eigenvalue weighted by Gasteiger charge is -2.13. The largest absolute Gasteiger partial charge is 0.462 e. The number of rotatable bonds is 5. The van der Waals surface area contributed by atoms with Gasteiger partial charge in [-0.15, -0.1) is 0 Å². The van der Waals surface area contributed by atoms with Gasteiger partial charge in [-0.25, -0.2) is 4.79 Å². The minimum absolute atomic E-state index is 0.0659. The van der Waals surface area contributed by atoms with E-state index in [-0.39, 0.29) is 11.9 Å². The first-order valence-corrected chi connectivity index (χ1v) is 6.10. The number of aryl methyl sites for hydroxylation is 2. The van der Waals surface area contributed by atoms with Crippen molar-refractivity contribution in [2.75, 3.05) is 6.61 Å². The van der Waals surface area contributed by atoms with Crippen molar-refractivity contribution in [1.82, 2.24) is 4.98 Å². The Bertz CT molecular complexity index is 431. The Labute approximate surface area is 107 Å². The molecular weight excluding hydrogens is 230 g/mol. The predicted octanol–water partition coefficient (Wildman–Crippen LogP) is 2.57. The third-order valence-corrected chi connectivity index (χ3v) is 2.85. The van der Waals surface area contributed by atoms with Gasteiger partial charge in [0.1, 0.15) is 6.29 Å². The van der Waals surface area contributed by atoms with Crippen LogP contribution in [0.5, 0.6) is 0 Å². The first-order chi connectivity index (χ1) is 8.51. The highest BCUT2D eigenvalue weighted by atomic mass is 16.5. The van der Waals surface area contributed by atoms with Crippen LogP contribution in [0.15, 0.2) is 6.07 Å². The topological polar surface area (TPSA) is 56.3 Å². The fourth-order valence-corrected chi connectivity index (χ4v) is 1.89. The van der Waals surface area contributed by atoms with Crippen molar-refractivity contribution in [2.45, 2.75) is 40.0 Å². The number of nitrogens with zero attached hydrogens (tertiary/aromatic N) is 1. The molecule has 1 unspecified atom stereocenters. The summed E-state index contributed by atoms with van der Waals surface area (Å²) < 4.78 is 5.00. The van der Waals surface area contributed by atoms with Crippen molar-refractivity contribution in [1.29, 1.82) is 0 Å². The standard InChI is InChI=1S/C14H19NO3/c1-5-18-14(17)13-10(3)8-12(15-11(13)4)9(2)6-7-16/h7-9H,5-6H2,1-4H3. The van der Waals surface area contributed by atoms with Gasteiger partial charge in [-0.1, -0.05) is 6.92 Å². The molecule has 4 nitrogen and oxygen atoms in total.